The lowest BCUT2D eigenvalue weighted by atomic mass is 10.1. The fourth-order valence-corrected chi connectivity index (χ4v) is 2.72. The summed E-state index contributed by atoms with van der Waals surface area (Å²) in [6.45, 7) is 6.25. The van der Waals surface area contributed by atoms with Gasteiger partial charge in [-0.25, -0.2) is 4.98 Å². The number of nitrogens with one attached hydrogen (secondary N) is 1. The number of H-pyrrole nitrogens is 1. The second-order valence-electron chi connectivity index (χ2n) is 6.06. The van der Waals surface area contributed by atoms with E-state index in [1.807, 2.05) is 26.0 Å². The van der Waals surface area contributed by atoms with E-state index in [4.69, 9.17) is 0 Å². The number of pyridine rings is 1. The van der Waals surface area contributed by atoms with Gasteiger partial charge in [-0.05, 0) is 5.56 Å². The van der Waals surface area contributed by atoms with Crippen LogP contribution >= 0.6 is 0 Å². The molecule has 1 N–H and O–H groups in total. The Morgan fingerprint density at radius 3 is 2.82 bits per heavy atom. The van der Waals surface area contributed by atoms with E-state index in [0.717, 1.165) is 46.9 Å². The molecule has 0 saturated carbocycles. The number of nitrogens with zero attached hydrogens (tertiary/aromatic N) is 3. The average Bonchev–Trinajstić information content (AvgIpc) is 2.50. The van der Waals surface area contributed by atoms with Gasteiger partial charge in [-0.2, -0.15) is 4.73 Å². The zero-order valence-corrected chi connectivity index (χ0v) is 12.9. The second-order valence-corrected chi connectivity index (χ2v) is 6.06. The fraction of sp³-hybridized carbons (Fsp3) is 0.438. The Balaban J connectivity index is 1.79. The van der Waals surface area contributed by atoms with Crippen LogP contribution in [0.25, 0.3) is 0 Å². The van der Waals surface area contributed by atoms with Gasteiger partial charge in [-0.15, -0.1) is 0 Å². The standard InChI is InChI=1S/C16H20N4O2/c1-11(2)15-17-14-5-6-19(10-13(14)16(21)18-15)9-12-3-7-20(22)8-4-12/h3-4,7-8,11H,5-6,9-10H2,1-2H3,(H,17,18,21). The van der Waals surface area contributed by atoms with Crippen molar-refractivity contribution in [1.82, 2.24) is 14.9 Å². The molecule has 0 bridgehead atoms. The highest BCUT2D eigenvalue weighted by Crippen LogP contribution is 2.17. The van der Waals surface area contributed by atoms with Gasteiger partial charge in [-0.3, -0.25) is 9.69 Å². The molecule has 3 heterocycles. The first-order valence-electron chi connectivity index (χ1n) is 7.55. The number of aromatic amines is 1. The number of rotatable bonds is 3. The highest BCUT2D eigenvalue weighted by molar-refractivity contribution is 5.22. The molecule has 6 heteroatoms. The molecular formula is C16H20N4O2. The van der Waals surface area contributed by atoms with Gasteiger partial charge in [0.15, 0.2) is 12.4 Å². The zero-order valence-electron chi connectivity index (χ0n) is 12.9. The topological polar surface area (TPSA) is 75.9 Å². The summed E-state index contributed by atoms with van der Waals surface area (Å²) in [7, 11) is 0. The van der Waals surface area contributed by atoms with Gasteiger partial charge in [0.05, 0.1) is 11.3 Å². The Morgan fingerprint density at radius 2 is 2.14 bits per heavy atom. The summed E-state index contributed by atoms with van der Waals surface area (Å²) in [5, 5.41) is 11.1. The molecule has 6 nitrogen and oxygen atoms in total. The Kier molecular flexibility index (Phi) is 3.94. The van der Waals surface area contributed by atoms with Gasteiger partial charge in [0, 0.05) is 44.1 Å². The molecule has 0 unspecified atom stereocenters. The third kappa shape index (κ3) is 3.01. The van der Waals surface area contributed by atoms with E-state index in [0.29, 0.717) is 6.54 Å². The minimum Gasteiger partial charge on any atom is -0.619 e. The highest BCUT2D eigenvalue weighted by atomic mass is 16.5. The van der Waals surface area contributed by atoms with Crippen LogP contribution in [0.5, 0.6) is 0 Å². The van der Waals surface area contributed by atoms with Crippen molar-refractivity contribution in [2.24, 2.45) is 0 Å². The summed E-state index contributed by atoms with van der Waals surface area (Å²) in [6, 6.07) is 3.62. The molecule has 116 valence electrons. The largest absolute Gasteiger partial charge is 0.619 e. The molecule has 1 aliphatic heterocycles. The van der Waals surface area contributed by atoms with Crippen molar-refractivity contribution in [2.75, 3.05) is 6.54 Å². The van der Waals surface area contributed by atoms with Crippen LogP contribution in [0.1, 0.15) is 42.4 Å². The molecule has 0 radical (unpaired) electrons. The van der Waals surface area contributed by atoms with Gasteiger partial charge in [0.25, 0.3) is 5.56 Å². The van der Waals surface area contributed by atoms with Gasteiger partial charge >= 0.3 is 0 Å². The van der Waals surface area contributed by atoms with Crippen molar-refractivity contribution < 1.29 is 4.73 Å². The Hall–Kier alpha value is -2.21. The molecule has 0 fully saturated rings. The Bertz CT molecular complexity index is 722. The average molecular weight is 300 g/mol. The van der Waals surface area contributed by atoms with Crippen LogP contribution in [-0.4, -0.2) is 21.4 Å². The van der Waals surface area contributed by atoms with E-state index in [2.05, 4.69) is 14.9 Å². The second kappa shape index (κ2) is 5.88. The van der Waals surface area contributed by atoms with Crippen LogP contribution in [0, 0.1) is 5.21 Å². The third-order valence-corrected chi connectivity index (χ3v) is 3.99. The fourth-order valence-electron chi connectivity index (χ4n) is 2.72. The number of aromatic nitrogens is 3. The van der Waals surface area contributed by atoms with Crippen molar-refractivity contribution in [2.45, 2.75) is 39.3 Å². The van der Waals surface area contributed by atoms with Crippen molar-refractivity contribution in [3.8, 4) is 0 Å². The molecule has 0 aliphatic carbocycles. The van der Waals surface area contributed by atoms with Crippen LogP contribution in [0.4, 0.5) is 0 Å². The summed E-state index contributed by atoms with van der Waals surface area (Å²) in [4.78, 5) is 22.0. The van der Waals surface area contributed by atoms with Crippen molar-refractivity contribution in [3.05, 3.63) is 62.7 Å². The van der Waals surface area contributed by atoms with Crippen LogP contribution in [-0.2, 0) is 19.5 Å². The number of hydrogen-bond acceptors (Lipinski definition) is 4. The zero-order chi connectivity index (χ0) is 15.7. The van der Waals surface area contributed by atoms with Crippen LogP contribution in [0.2, 0.25) is 0 Å². The van der Waals surface area contributed by atoms with Gasteiger partial charge in [0.1, 0.15) is 5.82 Å². The Labute approximate surface area is 129 Å². The first-order valence-corrected chi connectivity index (χ1v) is 7.55. The summed E-state index contributed by atoms with van der Waals surface area (Å²) < 4.78 is 0.775. The van der Waals surface area contributed by atoms with Crippen LogP contribution in [0.15, 0.2) is 29.3 Å². The minimum absolute atomic E-state index is 0.0242. The first-order chi connectivity index (χ1) is 10.5. The molecule has 3 rings (SSSR count). The maximum absolute atomic E-state index is 12.3. The van der Waals surface area contributed by atoms with E-state index in [1.54, 1.807) is 0 Å². The smallest absolute Gasteiger partial charge is 0.255 e. The Morgan fingerprint density at radius 1 is 1.41 bits per heavy atom. The van der Waals surface area contributed by atoms with Gasteiger partial charge in [0.2, 0.25) is 0 Å². The highest BCUT2D eigenvalue weighted by Gasteiger charge is 2.21. The predicted molar refractivity (Wildman–Crippen MR) is 82.2 cm³/mol. The predicted octanol–water partition coefficient (Wildman–Crippen LogP) is 1.08. The van der Waals surface area contributed by atoms with Gasteiger partial charge < -0.3 is 10.2 Å². The lowest BCUT2D eigenvalue weighted by Gasteiger charge is -2.27. The number of hydrogen-bond donors (Lipinski definition) is 1. The van der Waals surface area contributed by atoms with E-state index in [1.165, 1.54) is 12.4 Å². The van der Waals surface area contributed by atoms with Gasteiger partial charge in [-0.1, -0.05) is 13.8 Å². The third-order valence-electron chi connectivity index (χ3n) is 3.99. The van der Waals surface area contributed by atoms with Crippen LogP contribution in [0.3, 0.4) is 0 Å². The molecule has 0 saturated heterocycles. The maximum Gasteiger partial charge on any atom is 0.255 e. The van der Waals surface area contributed by atoms with Crippen LogP contribution < -0.4 is 10.3 Å². The minimum atomic E-state index is -0.0242. The molecule has 0 aromatic carbocycles. The lowest BCUT2D eigenvalue weighted by molar-refractivity contribution is -0.605. The molecule has 2 aromatic heterocycles. The monoisotopic (exact) mass is 300 g/mol. The maximum atomic E-state index is 12.3. The summed E-state index contributed by atoms with van der Waals surface area (Å²) in [6.07, 6.45) is 3.78. The molecule has 1 aliphatic rings. The summed E-state index contributed by atoms with van der Waals surface area (Å²) in [5.74, 6) is 0.986. The van der Waals surface area contributed by atoms with E-state index >= 15 is 0 Å². The molecular weight excluding hydrogens is 280 g/mol. The SMILES string of the molecule is CC(C)c1nc2c(c(=O)[nH]1)CN(Cc1cc[n+]([O-])cc1)CC2. The van der Waals surface area contributed by atoms with E-state index < -0.39 is 0 Å². The first kappa shape index (κ1) is 14.7. The summed E-state index contributed by atoms with van der Waals surface area (Å²) >= 11 is 0. The van der Waals surface area contributed by atoms with E-state index in [-0.39, 0.29) is 11.5 Å². The number of fused-ring (bicyclic) bond motifs is 1. The molecule has 2 aromatic rings. The quantitative estimate of drug-likeness (QED) is 0.680. The normalized spacial score (nSPS) is 15.0. The molecule has 22 heavy (non-hydrogen) atoms. The molecule has 0 spiro atoms. The summed E-state index contributed by atoms with van der Waals surface area (Å²) in [5.41, 5.74) is 2.74. The molecule has 0 amide bonds. The van der Waals surface area contributed by atoms with Crippen molar-refractivity contribution in [1.29, 1.82) is 0 Å². The van der Waals surface area contributed by atoms with Crippen molar-refractivity contribution in [3.63, 3.8) is 0 Å². The lowest BCUT2D eigenvalue weighted by Crippen LogP contribution is -2.36. The molecule has 0 atom stereocenters. The van der Waals surface area contributed by atoms with Crippen molar-refractivity contribution >= 4 is 0 Å². The van der Waals surface area contributed by atoms with E-state index in [9.17, 15) is 10.0 Å².